The van der Waals surface area contributed by atoms with Gasteiger partial charge in [-0.3, -0.25) is 9.59 Å². The number of nitrogens with one attached hydrogen (secondary N) is 2. The van der Waals surface area contributed by atoms with Gasteiger partial charge in [-0.1, -0.05) is 36.8 Å². The van der Waals surface area contributed by atoms with Crippen molar-refractivity contribution in [2.24, 2.45) is 0 Å². The molecule has 0 aromatic heterocycles. The molecule has 0 aliphatic carbocycles. The first-order valence-electron chi connectivity index (χ1n) is 10.9. The minimum absolute atomic E-state index is 0.214. The van der Waals surface area contributed by atoms with Gasteiger partial charge < -0.3 is 10.6 Å². The molecule has 0 unspecified atom stereocenters. The summed E-state index contributed by atoms with van der Waals surface area (Å²) in [6, 6.07) is 12.5. The normalized spacial score (nSPS) is 17.0. The van der Waals surface area contributed by atoms with Crippen molar-refractivity contribution in [2.75, 3.05) is 18.4 Å². The lowest BCUT2D eigenvalue weighted by atomic mass is 10.0. The second kappa shape index (κ2) is 10.3. The number of hydrogen-bond donors (Lipinski definition) is 2. The summed E-state index contributed by atoms with van der Waals surface area (Å²) in [4.78, 5) is 24.8. The van der Waals surface area contributed by atoms with Crippen LogP contribution >= 0.6 is 0 Å². The molecule has 0 saturated carbocycles. The summed E-state index contributed by atoms with van der Waals surface area (Å²) in [6.45, 7) is 6.22. The highest BCUT2D eigenvalue weighted by atomic mass is 32.2. The highest BCUT2D eigenvalue weighted by molar-refractivity contribution is 7.89. The van der Waals surface area contributed by atoms with Gasteiger partial charge in [0.25, 0.3) is 0 Å². The molecular formula is C24H31N3O4S. The SMILES string of the molecule is Cc1ccc(C)c(S(=O)(=O)N2CCCC[C@H]2CCNC(=O)C(=O)Nc2ccccc2C)c1. The number of carbonyl (C=O) groups excluding carboxylic acids is 2. The first kappa shape index (κ1) is 23.9. The third kappa shape index (κ3) is 5.55. The van der Waals surface area contributed by atoms with E-state index in [1.165, 1.54) is 0 Å². The van der Waals surface area contributed by atoms with Crippen LogP contribution in [0.25, 0.3) is 0 Å². The van der Waals surface area contributed by atoms with Crippen LogP contribution in [0.15, 0.2) is 47.4 Å². The molecule has 7 nitrogen and oxygen atoms in total. The van der Waals surface area contributed by atoms with Crippen molar-refractivity contribution in [3.05, 3.63) is 59.2 Å². The molecule has 2 amide bonds. The monoisotopic (exact) mass is 457 g/mol. The Morgan fingerprint density at radius 3 is 2.50 bits per heavy atom. The van der Waals surface area contributed by atoms with E-state index in [1.54, 1.807) is 29.4 Å². The maximum absolute atomic E-state index is 13.4. The van der Waals surface area contributed by atoms with E-state index in [1.807, 2.05) is 38.1 Å². The Bertz CT molecular complexity index is 1100. The summed E-state index contributed by atoms with van der Waals surface area (Å²) >= 11 is 0. The van der Waals surface area contributed by atoms with Gasteiger partial charge in [-0.05, 0) is 68.9 Å². The Morgan fingerprint density at radius 1 is 1.00 bits per heavy atom. The van der Waals surface area contributed by atoms with Crippen molar-refractivity contribution in [1.82, 2.24) is 9.62 Å². The van der Waals surface area contributed by atoms with Gasteiger partial charge in [0.15, 0.2) is 0 Å². The first-order chi connectivity index (χ1) is 15.2. The van der Waals surface area contributed by atoms with Gasteiger partial charge in [-0.25, -0.2) is 8.42 Å². The fraction of sp³-hybridized carbons (Fsp3) is 0.417. The zero-order chi connectivity index (χ0) is 23.3. The van der Waals surface area contributed by atoms with E-state index in [2.05, 4.69) is 10.6 Å². The van der Waals surface area contributed by atoms with Gasteiger partial charge in [0.05, 0.1) is 4.90 Å². The number of piperidine rings is 1. The summed E-state index contributed by atoms with van der Waals surface area (Å²) < 4.78 is 28.3. The predicted octanol–water partition coefficient (Wildman–Crippen LogP) is 3.30. The van der Waals surface area contributed by atoms with E-state index in [4.69, 9.17) is 0 Å². The van der Waals surface area contributed by atoms with Crippen molar-refractivity contribution < 1.29 is 18.0 Å². The van der Waals surface area contributed by atoms with Gasteiger partial charge in [-0.2, -0.15) is 4.31 Å². The molecule has 1 heterocycles. The number of rotatable bonds is 6. The number of para-hydroxylation sites is 1. The van der Waals surface area contributed by atoms with Gasteiger partial charge >= 0.3 is 11.8 Å². The fourth-order valence-electron chi connectivity index (χ4n) is 4.02. The number of amides is 2. The lowest BCUT2D eigenvalue weighted by molar-refractivity contribution is -0.136. The van der Waals surface area contributed by atoms with Crippen LogP contribution in [0.1, 0.15) is 42.4 Å². The molecule has 0 spiro atoms. The van der Waals surface area contributed by atoms with Crippen molar-refractivity contribution in [1.29, 1.82) is 0 Å². The minimum Gasteiger partial charge on any atom is -0.348 e. The molecule has 2 aromatic rings. The van der Waals surface area contributed by atoms with Crippen LogP contribution in [0.5, 0.6) is 0 Å². The number of aryl methyl sites for hydroxylation is 3. The van der Waals surface area contributed by atoms with E-state index in [9.17, 15) is 18.0 Å². The van der Waals surface area contributed by atoms with E-state index in [0.717, 1.165) is 36.0 Å². The molecule has 32 heavy (non-hydrogen) atoms. The molecule has 3 rings (SSSR count). The van der Waals surface area contributed by atoms with Crippen molar-refractivity contribution in [2.45, 2.75) is 57.4 Å². The summed E-state index contributed by atoms with van der Waals surface area (Å²) in [5.74, 6) is -1.46. The van der Waals surface area contributed by atoms with Gasteiger partial charge in [0, 0.05) is 24.8 Å². The number of sulfonamides is 1. The number of nitrogens with zero attached hydrogens (tertiary/aromatic N) is 1. The highest BCUT2D eigenvalue weighted by Crippen LogP contribution is 2.29. The molecule has 172 valence electrons. The molecule has 1 aliphatic rings. The molecule has 1 aliphatic heterocycles. The lowest BCUT2D eigenvalue weighted by Crippen LogP contribution is -2.46. The summed E-state index contributed by atoms with van der Waals surface area (Å²) in [5.41, 5.74) is 3.07. The topological polar surface area (TPSA) is 95.6 Å². The standard InChI is InChI=1S/C24H31N3O4S/c1-17-11-12-19(3)22(16-17)32(30,31)27-15-7-6-9-20(27)13-14-25-23(28)24(29)26-21-10-5-4-8-18(21)2/h4-5,8,10-12,16,20H,6-7,9,13-15H2,1-3H3,(H,25,28)(H,26,29)/t20-/m0/s1. The van der Waals surface area contributed by atoms with Crippen LogP contribution < -0.4 is 10.6 Å². The Hall–Kier alpha value is -2.71. The molecule has 1 atom stereocenters. The number of anilines is 1. The Balaban J connectivity index is 1.62. The van der Waals surface area contributed by atoms with Gasteiger partial charge in [-0.15, -0.1) is 0 Å². The summed E-state index contributed by atoms with van der Waals surface area (Å²) in [6.07, 6.45) is 2.93. The average Bonchev–Trinajstić information content (AvgIpc) is 2.77. The molecule has 1 fully saturated rings. The van der Waals surface area contributed by atoms with Crippen LogP contribution in [0.2, 0.25) is 0 Å². The van der Waals surface area contributed by atoms with Crippen LogP contribution in [0.4, 0.5) is 5.69 Å². The number of carbonyl (C=O) groups is 2. The Labute approximate surface area is 190 Å². The highest BCUT2D eigenvalue weighted by Gasteiger charge is 2.34. The molecule has 0 bridgehead atoms. The number of hydrogen-bond acceptors (Lipinski definition) is 4. The molecule has 8 heteroatoms. The number of benzene rings is 2. The van der Waals surface area contributed by atoms with Gasteiger partial charge in [0.1, 0.15) is 0 Å². The molecule has 2 aromatic carbocycles. The van der Waals surface area contributed by atoms with Crippen LogP contribution in [0, 0.1) is 20.8 Å². The predicted molar refractivity (Wildman–Crippen MR) is 125 cm³/mol. The molecular weight excluding hydrogens is 426 g/mol. The maximum Gasteiger partial charge on any atom is 0.313 e. The van der Waals surface area contributed by atoms with Crippen molar-refractivity contribution >= 4 is 27.5 Å². The van der Waals surface area contributed by atoms with Crippen LogP contribution in [-0.2, 0) is 19.6 Å². The zero-order valence-electron chi connectivity index (χ0n) is 18.8. The summed E-state index contributed by atoms with van der Waals surface area (Å²) in [5, 5.41) is 5.24. The summed E-state index contributed by atoms with van der Waals surface area (Å²) in [7, 11) is -3.64. The first-order valence-corrected chi connectivity index (χ1v) is 12.4. The second-order valence-corrected chi connectivity index (χ2v) is 10.2. The second-order valence-electron chi connectivity index (χ2n) is 8.35. The third-order valence-electron chi connectivity index (χ3n) is 5.87. The van der Waals surface area contributed by atoms with Crippen molar-refractivity contribution in [3.8, 4) is 0 Å². The fourth-order valence-corrected chi connectivity index (χ4v) is 6.05. The minimum atomic E-state index is -3.64. The van der Waals surface area contributed by atoms with Crippen LogP contribution in [-0.4, -0.2) is 43.7 Å². The maximum atomic E-state index is 13.4. The largest absolute Gasteiger partial charge is 0.348 e. The molecule has 1 saturated heterocycles. The van der Waals surface area contributed by atoms with Gasteiger partial charge in [0.2, 0.25) is 10.0 Å². The smallest absolute Gasteiger partial charge is 0.313 e. The lowest BCUT2D eigenvalue weighted by Gasteiger charge is -2.35. The quantitative estimate of drug-likeness (QED) is 0.651. The average molecular weight is 458 g/mol. The molecule has 2 N–H and O–H groups in total. The molecule has 0 radical (unpaired) electrons. The van der Waals surface area contributed by atoms with Crippen molar-refractivity contribution in [3.63, 3.8) is 0 Å². The Morgan fingerprint density at radius 2 is 1.75 bits per heavy atom. The third-order valence-corrected chi connectivity index (χ3v) is 7.96. The van der Waals surface area contributed by atoms with E-state index in [0.29, 0.717) is 23.5 Å². The van der Waals surface area contributed by atoms with E-state index >= 15 is 0 Å². The zero-order valence-corrected chi connectivity index (χ0v) is 19.7. The Kier molecular flexibility index (Phi) is 7.69. The van der Waals surface area contributed by atoms with E-state index < -0.39 is 21.8 Å². The van der Waals surface area contributed by atoms with E-state index in [-0.39, 0.29) is 12.6 Å². The van der Waals surface area contributed by atoms with Crippen LogP contribution in [0.3, 0.4) is 0 Å².